The first-order chi connectivity index (χ1) is 11.3. The highest BCUT2D eigenvalue weighted by atomic mass is 28.4. The van der Waals surface area contributed by atoms with Crippen LogP contribution in [0.2, 0.25) is 19.6 Å². The predicted molar refractivity (Wildman–Crippen MR) is 98.8 cm³/mol. The predicted octanol–water partition coefficient (Wildman–Crippen LogP) is 4.79. The van der Waals surface area contributed by atoms with Crippen molar-refractivity contribution in [2.24, 2.45) is 0 Å². The van der Waals surface area contributed by atoms with Crippen molar-refractivity contribution in [3.8, 4) is 0 Å². The Morgan fingerprint density at radius 2 is 1.58 bits per heavy atom. The Morgan fingerprint density at radius 1 is 0.958 bits per heavy atom. The van der Waals surface area contributed by atoms with E-state index in [0.29, 0.717) is 17.5 Å². The van der Waals surface area contributed by atoms with Crippen molar-refractivity contribution in [1.29, 1.82) is 0 Å². The summed E-state index contributed by atoms with van der Waals surface area (Å²) in [5, 5.41) is 0. The third kappa shape index (κ3) is 4.65. The molecule has 2 rings (SSSR count). The molecule has 0 saturated carbocycles. The van der Waals surface area contributed by atoms with Gasteiger partial charge in [0.05, 0.1) is 5.92 Å². The second-order valence-electron chi connectivity index (χ2n) is 6.81. The fourth-order valence-corrected chi connectivity index (χ4v) is 3.31. The van der Waals surface area contributed by atoms with Gasteiger partial charge in [0.25, 0.3) is 5.97 Å². The average Bonchev–Trinajstić information content (AvgIpc) is 2.54. The first-order valence-corrected chi connectivity index (χ1v) is 11.6. The van der Waals surface area contributed by atoms with Crippen LogP contribution < -0.4 is 0 Å². The zero-order valence-electron chi connectivity index (χ0n) is 14.7. The second kappa shape index (κ2) is 7.58. The average molecular weight is 340 g/mol. The lowest BCUT2D eigenvalue weighted by Crippen LogP contribution is -2.32. The Bertz CT molecular complexity index is 717. The molecule has 0 amide bonds. The van der Waals surface area contributed by atoms with Gasteiger partial charge in [0.15, 0.2) is 5.78 Å². The maximum atomic E-state index is 12.6. The first kappa shape index (κ1) is 18.1. The van der Waals surface area contributed by atoms with Crippen LogP contribution in [-0.4, -0.2) is 20.1 Å². The maximum absolute atomic E-state index is 12.6. The van der Waals surface area contributed by atoms with Crippen LogP contribution in [0.3, 0.4) is 0 Å². The number of hydrogen-bond donors (Lipinski definition) is 0. The molecule has 0 N–H and O–H groups in total. The Kier molecular flexibility index (Phi) is 5.73. The molecule has 3 nitrogen and oxygen atoms in total. The molecule has 2 aromatic rings. The van der Waals surface area contributed by atoms with E-state index in [1.165, 1.54) is 0 Å². The van der Waals surface area contributed by atoms with Crippen LogP contribution in [0.5, 0.6) is 0 Å². The van der Waals surface area contributed by atoms with Crippen molar-refractivity contribution in [3.05, 3.63) is 71.3 Å². The SMILES string of the molecule is CCC(C(=O)O[Si](C)(C)C)c1cccc(C(=O)c2ccccc2)c1. The molecule has 0 radical (unpaired) electrons. The number of carbonyl (C=O) groups excluding carboxylic acids is 2. The molecule has 0 aliphatic heterocycles. The Balaban J connectivity index is 2.28. The summed E-state index contributed by atoms with van der Waals surface area (Å²) in [6.45, 7) is 7.94. The Labute approximate surface area is 144 Å². The summed E-state index contributed by atoms with van der Waals surface area (Å²) >= 11 is 0. The lowest BCUT2D eigenvalue weighted by Gasteiger charge is -2.22. The van der Waals surface area contributed by atoms with Crippen LogP contribution in [0.1, 0.15) is 40.7 Å². The smallest absolute Gasteiger partial charge is 0.300 e. The number of carbonyl (C=O) groups is 2. The quantitative estimate of drug-likeness (QED) is 0.561. The van der Waals surface area contributed by atoms with Crippen LogP contribution >= 0.6 is 0 Å². The molecule has 4 heteroatoms. The molecule has 0 saturated heterocycles. The van der Waals surface area contributed by atoms with Crippen LogP contribution in [0.25, 0.3) is 0 Å². The van der Waals surface area contributed by atoms with Crippen molar-refractivity contribution >= 4 is 20.1 Å². The van der Waals surface area contributed by atoms with E-state index < -0.39 is 8.32 Å². The zero-order chi connectivity index (χ0) is 17.7. The van der Waals surface area contributed by atoms with Gasteiger partial charge in [0.2, 0.25) is 8.32 Å². The molecule has 0 aliphatic carbocycles. The molecule has 0 heterocycles. The third-order valence-corrected chi connectivity index (χ3v) is 4.50. The minimum absolute atomic E-state index is 0.0362. The zero-order valence-corrected chi connectivity index (χ0v) is 15.7. The molecule has 1 unspecified atom stereocenters. The van der Waals surface area contributed by atoms with Crippen molar-refractivity contribution in [2.75, 3.05) is 0 Å². The molecule has 0 aliphatic rings. The van der Waals surface area contributed by atoms with Gasteiger partial charge in [-0.15, -0.1) is 0 Å². The summed E-state index contributed by atoms with van der Waals surface area (Å²) in [7, 11) is -1.94. The molecule has 0 bridgehead atoms. The number of ketones is 1. The molecule has 0 fully saturated rings. The topological polar surface area (TPSA) is 43.4 Å². The lowest BCUT2D eigenvalue weighted by molar-refractivity contribution is -0.136. The monoisotopic (exact) mass is 340 g/mol. The maximum Gasteiger partial charge on any atom is 0.300 e. The molecular weight excluding hydrogens is 316 g/mol. The largest absolute Gasteiger partial charge is 0.519 e. The minimum atomic E-state index is -1.94. The summed E-state index contributed by atoms with van der Waals surface area (Å²) in [4.78, 5) is 25.1. The second-order valence-corrected chi connectivity index (χ2v) is 11.2. The molecule has 0 aromatic heterocycles. The number of benzene rings is 2. The van der Waals surface area contributed by atoms with Crippen LogP contribution in [0.4, 0.5) is 0 Å². The van der Waals surface area contributed by atoms with E-state index in [2.05, 4.69) is 0 Å². The van der Waals surface area contributed by atoms with Gasteiger partial charge in [-0.2, -0.15) is 0 Å². The fourth-order valence-electron chi connectivity index (χ4n) is 2.56. The number of hydrogen-bond acceptors (Lipinski definition) is 3. The van der Waals surface area contributed by atoms with Gasteiger partial charge >= 0.3 is 0 Å². The summed E-state index contributed by atoms with van der Waals surface area (Å²) < 4.78 is 5.65. The van der Waals surface area contributed by atoms with Crippen molar-refractivity contribution in [3.63, 3.8) is 0 Å². The Hall–Kier alpha value is -2.20. The van der Waals surface area contributed by atoms with Gasteiger partial charge in [0.1, 0.15) is 0 Å². The van der Waals surface area contributed by atoms with Gasteiger partial charge in [-0.3, -0.25) is 9.59 Å². The van der Waals surface area contributed by atoms with Gasteiger partial charge in [0, 0.05) is 11.1 Å². The summed E-state index contributed by atoms with van der Waals surface area (Å²) in [6, 6.07) is 16.5. The van der Waals surface area contributed by atoms with E-state index >= 15 is 0 Å². The summed E-state index contributed by atoms with van der Waals surface area (Å²) in [5.41, 5.74) is 2.08. The van der Waals surface area contributed by atoms with E-state index in [9.17, 15) is 9.59 Å². The van der Waals surface area contributed by atoms with Crippen molar-refractivity contribution in [2.45, 2.75) is 38.9 Å². The molecule has 1 atom stereocenters. The van der Waals surface area contributed by atoms with Crippen LogP contribution in [-0.2, 0) is 9.22 Å². The third-order valence-electron chi connectivity index (χ3n) is 3.69. The van der Waals surface area contributed by atoms with E-state index in [4.69, 9.17) is 4.43 Å². The molecular formula is C20H24O3Si. The van der Waals surface area contributed by atoms with Gasteiger partial charge < -0.3 is 4.43 Å². The van der Waals surface area contributed by atoms with E-state index in [-0.39, 0.29) is 17.7 Å². The molecule has 126 valence electrons. The van der Waals surface area contributed by atoms with Crippen molar-refractivity contribution < 1.29 is 14.0 Å². The Morgan fingerprint density at radius 3 is 2.17 bits per heavy atom. The minimum Gasteiger partial charge on any atom is -0.519 e. The van der Waals surface area contributed by atoms with Crippen LogP contribution in [0.15, 0.2) is 54.6 Å². The molecule has 0 spiro atoms. The highest BCUT2D eigenvalue weighted by Gasteiger charge is 2.27. The molecule has 24 heavy (non-hydrogen) atoms. The van der Waals surface area contributed by atoms with E-state index in [1.54, 1.807) is 18.2 Å². The lowest BCUT2D eigenvalue weighted by atomic mass is 9.93. The summed E-state index contributed by atoms with van der Waals surface area (Å²) in [6.07, 6.45) is 0.645. The fraction of sp³-hybridized carbons (Fsp3) is 0.300. The highest BCUT2D eigenvalue weighted by Crippen LogP contribution is 2.24. The van der Waals surface area contributed by atoms with Crippen LogP contribution in [0, 0.1) is 0 Å². The van der Waals surface area contributed by atoms with E-state index in [0.717, 1.165) is 5.56 Å². The number of rotatable bonds is 6. The van der Waals surface area contributed by atoms with Gasteiger partial charge in [-0.05, 0) is 37.7 Å². The van der Waals surface area contributed by atoms with Crippen molar-refractivity contribution in [1.82, 2.24) is 0 Å². The normalized spacial score (nSPS) is 12.5. The molecule has 2 aromatic carbocycles. The standard InChI is InChI=1S/C20H24O3Si/c1-5-18(20(22)23-24(2,3)4)16-12-9-13-17(14-16)19(21)15-10-7-6-8-11-15/h6-14,18H,5H2,1-4H3. The van der Waals surface area contributed by atoms with Gasteiger partial charge in [-0.1, -0.05) is 55.5 Å². The van der Waals surface area contributed by atoms with E-state index in [1.807, 2.05) is 63.0 Å². The van der Waals surface area contributed by atoms with Gasteiger partial charge in [-0.25, -0.2) is 0 Å². The highest BCUT2D eigenvalue weighted by molar-refractivity contribution is 6.71. The summed E-state index contributed by atoms with van der Waals surface area (Å²) in [5.74, 6) is -0.563. The first-order valence-electron chi connectivity index (χ1n) is 8.24.